The minimum Gasteiger partial charge on any atom is -0.486 e. The third-order valence-electron chi connectivity index (χ3n) is 4.82. The van der Waals surface area contributed by atoms with Crippen LogP contribution in [-0.4, -0.2) is 22.3 Å². The highest BCUT2D eigenvalue weighted by Gasteiger charge is 2.25. The van der Waals surface area contributed by atoms with Crippen LogP contribution in [0.1, 0.15) is 41.8 Å². The molecule has 0 fully saturated rings. The zero-order chi connectivity index (χ0) is 22.5. The molecule has 1 aromatic heterocycles. The third kappa shape index (κ3) is 5.13. The quantitative estimate of drug-likeness (QED) is 0.346. The second-order valence-corrected chi connectivity index (χ2v) is 8.26. The maximum atomic E-state index is 12.6. The number of thiazole rings is 1. The molecule has 0 aliphatic heterocycles. The largest absolute Gasteiger partial charge is 0.486 e. The van der Waals surface area contributed by atoms with Gasteiger partial charge in [0.25, 0.3) is 5.69 Å². The second-order valence-electron chi connectivity index (χ2n) is 7.37. The van der Waals surface area contributed by atoms with Crippen LogP contribution in [0.3, 0.4) is 0 Å². The predicted molar refractivity (Wildman–Crippen MR) is 118 cm³/mol. The molecule has 158 valence electrons. The van der Waals surface area contributed by atoms with Gasteiger partial charge in [-0.15, -0.1) is 11.3 Å². The van der Waals surface area contributed by atoms with Gasteiger partial charge in [-0.1, -0.05) is 32.0 Å². The molecule has 0 aliphatic rings. The van der Waals surface area contributed by atoms with E-state index in [9.17, 15) is 20.2 Å². The highest BCUT2D eigenvalue weighted by atomic mass is 32.1. The van der Waals surface area contributed by atoms with Crippen LogP contribution in [0, 0.1) is 28.4 Å². The number of ether oxygens (including phenoxy) is 1. The zero-order valence-corrected chi connectivity index (χ0v) is 18.2. The van der Waals surface area contributed by atoms with Gasteiger partial charge in [0.2, 0.25) is 0 Å². The molecule has 8 heteroatoms. The van der Waals surface area contributed by atoms with Crippen molar-refractivity contribution in [3.8, 4) is 23.1 Å². The average Bonchev–Trinajstić information content (AvgIpc) is 3.22. The van der Waals surface area contributed by atoms with Gasteiger partial charge in [-0.3, -0.25) is 14.9 Å². The Morgan fingerprint density at radius 1 is 1.29 bits per heavy atom. The summed E-state index contributed by atoms with van der Waals surface area (Å²) < 4.78 is 5.62. The van der Waals surface area contributed by atoms with Crippen LogP contribution in [0.4, 0.5) is 5.69 Å². The Bertz CT molecular complexity index is 1160. The molecule has 0 saturated heterocycles. The summed E-state index contributed by atoms with van der Waals surface area (Å²) in [6.45, 7) is 5.97. The fourth-order valence-electron chi connectivity index (χ4n) is 3.22. The van der Waals surface area contributed by atoms with Crippen molar-refractivity contribution in [2.75, 3.05) is 6.61 Å². The number of Topliss-reactive ketones (excluding diaryl/α,β-unsaturated/α-hetero) is 1. The van der Waals surface area contributed by atoms with Crippen molar-refractivity contribution >= 4 is 22.8 Å². The number of nitriles is 1. The lowest BCUT2D eigenvalue weighted by Crippen LogP contribution is -2.19. The Labute approximate surface area is 184 Å². The SMILES string of the molecule is Cc1cc(OCC(=O)C(C#N)c2nc(-c3cccc([N+](=O)[O-])c3)cs2)ccc1C(C)C. The lowest BCUT2D eigenvalue weighted by Gasteiger charge is -2.12. The highest BCUT2D eigenvalue weighted by molar-refractivity contribution is 7.10. The Kier molecular flexibility index (Phi) is 6.78. The van der Waals surface area contributed by atoms with Crippen molar-refractivity contribution < 1.29 is 14.5 Å². The zero-order valence-electron chi connectivity index (χ0n) is 17.4. The van der Waals surface area contributed by atoms with Crippen molar-refractivity contribution in [2.45, 2.75) is 32.6 Å². The van der Waals surface area contributed by atoms with E-state index in [1.165, 1.54) is 29.0 Å². The number of nitrogens with zero attached hydrogens (tertiary/aromatic N) is 3. The summed E-state index contributed by atoms with van der Waals surface area (Å²) in [5, 5.41) is 22.5. The molecule has 0 spiro atoms. The summed E-state index contributed by atoms with van der Waals surface area (Å²) in [7, 11) is 0. The molecule has 31 heavy (non-hydrogen) atoms. The normalized spacial score (nSPS) is 11.7. The molecule has 3 rings (SSSR count). The first-order chi connectivity index (χ1) is 14.8. The fraction of sp³-hybridized carbons (Fsp3) is 0.261. The van der Waals surface area contributed by atoms with Crippen LogP contribution < -0.4 is 4.74 Å². The fourth-order valence-corrected chi connectivity index (χ4v) is 4.11. The van der Waals surface area contributed by atoms with Crippen LogP contribution in [-0.2, 0) is 4.79 Å². The van der Waals surface area contributed by atoms with Crippen LogP contribution in [0.25, 0.3) is 11.3 Å². The minimum absolute atomic E-state index is 0.0489. The maximum Gasteiger partial charge on any atom is 0.270 e. The first-order valence-electron chi connectivity index (χ1n) is 9.66. The number of nitro groups is 1. The standard InChI is InChI=1S/C23H21N3O4S/c1-14(2)19-8-7-18(9-15(19)3)30-12-22(27)20(11-24)23-25-21(13-31-23)16-5-4-6-17(10-16)26(28)29/h4-10,13-14,20H,12H2,1-3H3. The molecule has 0 amide bonds. The molecule has 0 aliphatic carbocycles. The summed E-state index contributed by atoms with van der Waals surface area (Å²) in [4.78, 5) is 27.5. The first kappa shape index (κ1) is 22.1. The van der Waals surface area contributed by atoms with Gasteiger partial charge >= 0.3 is 0 Å². The summed E-state index contributed by atoms with van der Waals surface area (Å²) in [6, 6.07) is 13.7. The van der Waals surface area contributed by atoms with Gasteiger partial charge in [-0.05, 0) is 36.1 Å². The van der Waals surface area contributed by atoms with E-state index in [4.69, 9.17) is 4.74 Å². The van der Waals surface area contributed by atoms with Crippen molar-refractivity contribution in [1.82, 2.24) is 4.98 Å². The van der Waals surface area contributed by atoms with Gasteiger partial charge in [0, 0.05) is 23.1 Å². The van der Waals surface area contributed by atoms with E-state index in [0.29, 0.717) is 27.9 Å². The van der Waals surface area contributed by atoms with Crippen molar-refractivity contribution in [3.63, 3.8) is 0 Å². The van der Waals surface area contributed by atoms with Gasteiger partial charge in [0.05, 0.1) is 16.7 Å². The van der Waals surface area contributed by atoms with E-state index >= 15 is 0 Å². The molecule has 0 saturated carbocycles. The van der Waals surface area contributed by atoms with E-state index in [0.717, 1.165) is 5.56 Å². The lowest BCUT2D eigenvalue weighted by atomic mass is 9.98. The van der Waals surface area contributed by atoms with Gasteiger partial charge < -0.3 is 4.74 Å². The topological polar surface area (TPSA) is 106 Å². The van der Waals surface area contributed by atoms with E-state index < -0.39 is 16.6 Å². The molecule has 7 nitrogen and oxygen atoms in total. The number of rotatable bonds is 8. The Morgan fingerprint density at radius 3 is 2.71 bits per heavy atom. The van der Waals surface area contributed by atoms with Gasteiger partial charge in [-0.2, -0.15) is 5.26 Å². The Hall–Kier alpha value is -3.57. The second kappa shape index (κ2) is 9.49. The monoisotopic (exact) mass is 435 g/mol. The number of carbonyl (C=O) groups excluding carboxylic acids is 1. The summed E-state index contributed by atoms with van der Waals surface area (Å²) in [5.74, 6) is -0.492. The average molecular weight is 436 g/mol. The van der Waals surface area contributed by atoms with Gasteiger partial charge in [0.15, 0.2) is 11.7 Å². The molecule has 0 N–H and O–H groups in total. The number of aromatic nitrogens is 1. The highest BCUT2D eigenvalue weighted by Crippen LogP contribution is 2.29. The number of non-ortho nitro benzene ring substituents is 1. The molecule has 0 bridgehead atoms. The Balaban J connectivity index is 1.72. The van der Waals surface area contributed by atoms with E-state index in [-0.39, 0.29) is 12.3 Å². The number of ketones is 1. The third-order valence-corrected chi connectivity index (χ3v) is 5.73. The smallest absolute Gasteiger partial charge is 0.270 e. The van der Waals surface area contributed by atoms with E-state index in [2.05, 4.69) is 18.8 Å². The molecular formula is C23H21N3O4S. The summed E-state index contributed by atoms with van der Waals surface area (Å²) >= 11 is 1.17. The molecule has 1 unspecified atom stereocenters. The molecular weight excluding hydrogens is 414 g/mol. The lowest BCUT2D eigenvalue weighted by molar-refractivity contribution is -0.384. The number of benzene rings is 2. The number of hydrogen-bond donors (Lipinski definition) is 0. The number of nitro benzene ring substituents is 1. The van der Waals surface area contributed by atoms with E-state index in [1.807, 2.05) is 31.2 Å². The van der Waals surface area contributed by atoms with Crippen LogP contribution >= 0.6 is 11.3 Å². The maximum absolute atomic E-state index is 12.6. The predicted octanol–water partition coefficient (Wildman–Crippen LogP) is 5.41. The number of carbonyl (C=O) groups is 1. The van der Waals surface area contributed by atoms with Crippen LogP contribution in [0.15, 0.2) is 47.8 Å². The summed E-state index contributed by atoms with van der Waals surface area (Å²) in [6.07, 6.45) is 0. The minimum atomic E-state index is -1.06. The molecule has 2 aromatic carbocycles. The molecule has 0 radical (unpaired) electrons. The molecule has 3 aromatic rings. The number of hydrogen-bond acceptors (Lipinski definition) is 7. The van der Waals surface area contributed by atoms with Crippen LogP contribution in [0.2, 0.25) is 0 Å². The summed E-state index contributed by atoms with van der Waals surface area (Å²) in [5.41, 5.74) is 3.28. The Morgan fingerprint density at radius 2 is 2.06 bits per heavy atom. The first-order valence-corrected chi connectivity index (χ1v) is 10.5. The molecule has 1 atom stereocenters. The molecule has 1 heterocycles. The van der Waals surface area contributed by atoms with Crippen molar-refractivity contribution in [3.05, 3.63) is 74.1 Å². The van der Waals surface area contributed by atoms with E-state index in [1.54, 1.807) is 17.5 Å². The number of aryl methyl sites for hydroxylation is 1. The van der Waals surface area contributed by atoms with Gasteiger partial charge in [-0.25, -0.2) is 4.98 Å². The van der Waals surface area contributed by atoms with Crippen molar-refractivity contribution in [1.29, 1.82) is 5.26 Å². The van der Waals surface area contributed by atoms with Crippen molar-refractivity contribution in [2.24, 2.45) is 0 Å². The van der Waals surface area contributed by atoms with Crippen LogP contribution in [0.5, 0.6) is 5.75 Å². The van der Waals surface area contributed by atoms with Gasteiger partial charge in [0.1, 0.15) is 17.4 Å².